The predicted octanol–water partition coefficient (Wildman–Crippen LogP) is 2.85. The third-order valence-electron chi connectivity index (χ3n) is 1.94. The van der Waals surface area contributed by atoms with Gasteiger partial charge in [-0.05, 0) is 28.1 Å². The number of imidazole rings is 1. The fourth-order valence-corrected chi connectivity index (χ4v) is 1.68. The molecule has 0 aliphatic heterocycles. The van der Waals surface area contributed by atoms with Gasteiger partial charge in [0.15, 0.2) is 0 Å². The molecule has 1 heterocycles. The number of nitrogens with one attached hydrogen (secondary N) is 1. The van der Waals surface area contributed by atoms with Crippen LogP contribution in [0, 0.1) is 0 Å². The van der Waals surface area contributed by atoms with E-state index in [-0.39, 0.29) is 0 Å². The average Bonchev–Trinajstić information content (AvgIpc) is 2.65. The summed E-state index contributed by atoms with van der Waals surface area (Å²) in [5.74, 6) is 0.831. The minimum Gasteiger partial charge on any atom is -0.497 e. The molecule has 0 saturated carbocycles. The molecule has 0 amide bonds. The Morgan fingerprint density at radius 1 is 1.43 bits per heavy atom. The summed E-state index contributed by atoms with van der Waals surface area (Å²) in [4.78, 5) is 7.17. The molecule has 0 saturated heterocycles. The number of rotatable bonds is 2. The number of halogens is 1. The summed E-state index contributed by atoms with van der Waals surface area (Å²) in [6, 6.07) is 7.78. The van der Waals surface area contributed by atoms with Gasteiger partial charge in [-0.3, -0.25) is 0 Å². The molecule has 1 aromatic heterocycles. The molecule has 2 rings (SSSR count). The van der Waals surface area contributed by atoms with Gasteiger partial charge in [0.05, 0.1) is 13.4 Å². The summed E-state index contributed by atoms with van der Waals surface area (Å²) in [6.07, 6.45) is 1.65. The second-order valence-electron chi connectivity index (χ2n) is 2.80. The summed E-state index contributed by atoms with van der Waals surface area (Å²) in [6.45, 7) is 0. The van der Waals surface area contributed by atoms with Crippen molar-refractivity contribution in [2.45, 2.75) is 0 Å². The van der Waals surface area contributed by atoms with Crippen LogP contribution in [0.4, 0.5) is 0 Å². The highest BCUT2D eigenvalue weighted by Crippen LogP contribution is 2.26. The van der Waals surface area contributed by atoms with Crippen molar-refractivity contribution in [2.24, 2.45) is 0 Å². The molecule has 0 unspecified atom stereocenters. The van der Waals surface area contributed by atoms with Crippen molar-refractivity contribution in [3.8, 4) is 17.0 Å². The lowest BCUT2D eigenvalue weighted by molar-refractivity contribution is 0.415. The lowest BCUT2D eigenvalue weighted by Gasteiger charge is -2.01. The number of aromatic amines is 1. The Morgan fingerprint density at radius 2 is 2.29 bits per heavy atom. The van der Waals surface area contributed by atoms with E-state index in [1.54, 1.807) is 13.4 Å². The summed E-state index contributed by atoms with van der Waals surface area (Å²) in [5.41, 5.74) is 1.92. The molecular weight excluding hydrogens is 244 g/mol. The van der Waals surface area contributed by atoms with Gasteiger partial charge in [-0.1, -0.05) is 12.1 Å². The first-order valence-corrected chi connectivity index (χ1v) is 4.94. The molecule has 4 heteroatoms. The largest absolute Gasteiger partial charge is 0.497 e. The zero-order valence-corrected chi connectivity index (χ0v) is 9.21. The zero-order valence-electron chi connectivity index (χ0n) is 7.62. The molecule has 0 spiro atoms. The summed E-state index contributed by atoms with van der Waals surface area (Å²) < 4.78 is 6.02. The van der Waals surface area contributed by atoms with E-state index in [9.17, 15) is 0 Å². The highest BCUT2D eigenvalue weighted by Gasteiger charge is 2.05. The third-order valence-corrected chi connectivity index (χ3v) is 2.54. The van der Waals surface area contributed by atoms with Crippen LogP contribution < -0.4 is 4.74 Å². The highest BCUT2D eigenvalue weighted by atomic mass is 79.9. The van der Waals surface area contributed by atoms with Crippen LogP contribution in [0.1, 0.15) is 0 Å². The Bertz CT molecular complexity index is 439. The van der Waals surface area contributed by atoms with Gasteiger partial charge < -0.3 is 9.72 Å². The topological polar surface area (TPSA) is 37.9 Å². The molecule has 0 atom stereocenters. The molecule has 0 aliphatic rings. The van der Waals surface area contributed by atoms with E-state index in [4.69, 9.17) is 4.74 Å². The molecule has 0 radical (unpaired) electrons. The van der Waals surface area contributed by atoms with E-state index >= 15 is 0 Å². The Morgan fingerprint density at radius 3 is 2.93 bits per heavy atom. The number of methoxy groups -OCH3 is 1. The van der Waals surface area contributed by atoms with Crippen molar-refractivity contribution < 1.29 is 4.74 Å². The lowest BCUT2D eigenvalue weighted by atomic mass is 10.1. The Hall–Kier alpha value is -1.29. The van der Waals surface area contributed by atoms with E-state index in [1.165, 1.54) is 0 Å². The summed E-state index contributed by atoms with van der Waals surface area (Å²) in [7, 11) is 1.65. The molecule has 72 valence electrons. The van der Waals surface area contributed by atoms with Gasteiger partial charge in [0.25, 0.3) is 0 Å². The van der Waals surface area contributed by atoms with Gasteiger partial charge in [-0.2, -0.15) is 0 Å². The summed E-state index contributed by atoms with van der Waals surface area (Å²) >= 11 is 3.39. The second kappa shape index (κ2) is 3.84. The van der Waals surface area contributed by atoms with Gasteiger partial charge in [-0.25, -0.2) is 4.98 Å². The van der Waals surface area contributed by atoms with E-state index in [2.05, 4.69) is 25.9 Å². The molecular formula is C10H9BrN2O. The number of hydrogen-bond acceptors (Lipinski definition) is 2. The van der Waals surface area contributed by atoms with Crippen LogP contribution >= 0.6 is 15.9 Å². The maximum absolute atomic E-state index is 5.14. The molecule has 1 N–H and O–H groups in total. The number of hydrogen-bond donors (Lipinski definition) is 1. The molecule has 14 heavy (non-hydrogen) atoms. The van der Waals surface area contributed by atoms with Crippen molar-refractivity contribution in [1.82, 2.24) is 9.97 Å². The maximum Gasteiger partial charge on any atom is 0.119 e. The second-order valence-corrected chi connectivity index (χ2v) is 3.59. The molecule has 0 bridgehead atoms. The van der Waals surface area contributed by atoms with Crippen LogP contribution in [0.3, 0.4) is 0 Å². The summed E-state index contributed by atoms with van der Waals surface area (Å²) in [5, 5.41) is 0. The standard InChI is InChI=1S/C10H9BrN2O/c1-14-8-4-2-3-7(5-8)9-10(11)13-6-12-9/h2-6H,1H3,(H,12,13). The maximum atomic E-state index is 5.14. The van der Waals surface area contributed by atoms with Crippen molar-refractivity contribution in [3.05, 3.63) is 35.2 Å². The first kappa shape index (κ1) is 9.27. The Kier molecular flexibility index (Phi) is 2.54. The minimum absolute atomic E-state index is 0.831. The van der Waals surface area contributed by atoms with Crippen LogP contribution in [0.15, 0.2) is 35.2 Å². The van der Waals surface area contributed by atoms with Crippen molar-refractivity contribution in [1.29, 1.82) is 0 Å². The van der Waals surface area contributed by atoms with E-state index in [1.807, 2.05) is 24.3 Å². The number of benzene rings is 1. The van der Waals surface area contributed by atoms with Crippen LogP contribution in [0.25, 0.3) is 11.3 Å². The number of H-pyrrole nitrogens is 1. The van der Waals surface area contributed by atoms with Crippen LogP contribution in [0.5, 0.6) is 5.75 Å². The molecule has 3 nitrogen and oxygen atoms in total. The number of nitrogens with zero attached hydrogens (tertiary/aromatic N) is 1. The first-order valence-electron chi connectivity index (χ1n) is 4.14. The quantitative estimate of drug-likeness (QED) is 0.893. The number of aromatic nitrogens is 2. The van der Waals surface area contributed by atoms with Crippen LogP contribution in [-0.2, 0) is 0 Å². The average molecular weight is 253 g/mol. The van der Waals surface area contributed by atoms with Crippen molar-refractivity contribution in [3.63, 3.8) is 0 Å². The lowest BCUT2D eigenvalue weighted by Crippen LogP contribution is -1.84. The minimum atomic E-state index is 0.831. The van der Waals surface area contributed by atoms with Gasteiger partial charge >= 0.3 is 0 Å². The van der Waals surface area contributed by atoms with Crippen LogP contribution in [0.2, 0.25) is 0 Å². The smallest absolute Gasteiger partial charge is 0.119 e. The van der Waals surface area contributed by atoms with Gasteiger partial charge in [-0.15, -0.1) is 0 Å². The van der Waals surface area contributed by atoms with Crippen molar-refractivity contribution >= 4 is 15.9 Å². The normalized spacial score (nSPS) is 10.1. The zero-order chi connectivity index (χ0) is 9.97. The molecule has 0 aliphatic carbocycles. The fourth-order valence-electron chi connectivity index (χ4n) is 1.25. The molecule has 0 fully saturated rings. The van der Waals surface area contributed by atoms with Gasteiger partial charge in [0.1, 0.15) is 16.0 Å². The van der Waals surface area contributed by atoms with E-state index < -0.39 is 0 Å². The molecule has 1 aromatic carbocycles. The Balaban J connectivity index is 2.47. The number of ether oxygens (including phenoxy) is 1. The third kappa shape index (κ3) is 1.65. The van der Waals surface area contributed by atoms with Gasteiger partial charge in [0, 0.05) is 5.56 Å². The monoisotopic (exact) mass is 252 g/mol. The van der Waals surface area contributed by atoms with Crippen molar-refractivity contribution in [2.75, 3.05) is 7.11 Å². The SMILES string of the molecule is COc1cccc(-c2nc[nH]c2Br)c1. The van der Waals surface area contributed by atoms with E-state index in [0.717, 1.165) is 21.6 Å². The molecule has 2 aromatic rings. The fraction of sp³-hybridized carbons (Fsp3) is 0.100. The Labute approximate surface area is 90.3 Å². The highest BCUT2D eigenvalue weighted by molar-refractivity contribution is 9.10. The first-order chi connectivity index (χ1) is 6.81. The van der Waals surface area contributed by atoms with Gasteiger partial charge in [0.2, 0.25) is 0 Å². The predicted molar refractivity (Wildman–Crippen MR) is 58.3 cm³/mol. The van der Waals surface area contributed by atoms with Crippen LogP contribution in [-0.4, -0.2) is 17.1 Å². The van der Waals surface area contributed by atoms with E-state index in [0.29, 0.717) is 0 Å².